The van der Waals surface area contributed by atoms with Gasteiger partial charge in [-0.25, -0.2) is 16.8 Å². The molecular formula is C23H61Na8O39PS4Si6. The molecule has 448 valence electrons. The molecule has 0 aliphatic rings. The third kappa shape index (κ3) is 154. The summed E-state index contributed by atoms with van der Waals surface area (Å²) >= 11 is 0. The van der Waals surface area contributed by atoms with E-state index >= 15 is 0 Å². The van der Waals surface area contributed by atoms with Crippen molar-refractivity contribution in [1.29, 1.82) is 0 Å². The molecule has 58 heteroatoms. The van der Waals surface area contributed by atoms with Crippen LogP contribution in [0.15, 0.2) is 0 Å². The van der Waals surface area contributed by atoms with Gasteiger partial charge in [-0.3, -0.25) is 9.11 Å². The number of carboxylic acid groups (broad SMARTS) is 1. The number of aliphatic carboxylic acids is 1. The molecular weight excluding hydrogens is 1410 g/mol. The number of hydrogen-bond donors (Lipinski definition) is 9. The van der Waals surface area contributed by atoms with Gasteiger partial charge in [-0.1, -0.05) is 0 Å². The van der Waals surface area contributed by atoms with Gasteiger partial charge in [0.1, 0.15) is 13.3 Å². The molecule has 0 aromatic heterocycles. The second kappa shape index (κ2) is 83.8. The van der Waals surface area contributed by atoms with Gasteiger partial charge in [0.2, 0.25) is 0 Å². The second-order valence-electron chi connectivity index (χ2n) is 12.3. The normalized spacial score (nSPS) is 12.6. The Bertz CT molecular complexity index is 1760. The first kappa shape index (κ1) is 122. The van der Waals surface area contributed by atoms with E-state index in [1.807, 2.05) is 0 Å². The van der Waals surface area contributed by atoms with Gasteiger partial charge in [0.25, 0.3) is 60.3 Å². The summed E-state index contributed by atoms with van der Waals surface area (Å²) in [5.74, 6) is -3.70. The fourth-order valence-electron chi connectivity index (χ4n) is 3.10. The average molecular weight is 1470 g/mol. The number of carboxylic acids is 1. The number of carbonyl (C=O) groups excluding carboxylic acids is 1. The van der Waals surface area contributed by atoms with Crippen LogP contribution < -0.4 is 267 Å². The molecule has 0 spiro atoms. The molecule has 0 fully saturated rings. The maximum absolute atomic E-state index is 10.3. The molecule has 0 heterocycles. The molecule has 0 aliphatic heterocycles. The van der Waals surface area contributed by atoms with Crippen molar-refractivity contribution >= 4 is 113 Å². The fourth-order valence-corrected chi connectivity index (χ4v) is 8.00. The minimum Gasteiger partial charge on any atom is -0.779 e. The van der Waals surface area contributed by atoms with Crippen molar-refractivity contribution in [3.63, 3.8) is 0 Å². The van der Waals surface area contributed by atoms with Crippen molar-refractivity contribution in [3.8, 4) is 0 Å². The summed E-state index contributed by atoms with van der Waals surface area (Å²) in [4.78, 5) is 61.1. The van der Waals surface area contributed by atoms with Crippen LogP contribution in [-0.4, -0.2) is 259 Å². The summed E-state index contributed by atoms with van der Waals surface area (Å²) in [7, 11) is -32.9. The Hall–Kier alpha value is 7.68. The number of carbonyl (C=O) groups is 1. The van der Waals surface area contributed by atoms with E-state index < -0.39 is 155 Å². The van der Waals surface area contributed by atoms with Gasteiger partial charge < -0.3 is 138 Å². The van der Waals surface area contributed by atoms with E-state index in [0.717, 1.165) is 0 Å². The van der Waals surface area contributed by atoms with E-state index in [-0.39, 0.29) is 315 Å². The molecule has 0 amide bonds. The Kier molecular flexibility index (Phi) is 126. The molecule has 9 N–H and O–H groups in total. The van der Waals surface area contributed by atoms with Crippen LogP contribution in [0.3, 0.4) is 0 Å². The van der Waals surface area contributed by atoms with E-state index in [4.69, 9.17) is 57.3 Å². The van der Waals surface area contributed by atoms with Crippen molar-refractivity contribution in [2.24, 2.45) is 0 Å². The zero-order chi connectivity index (χ0) is 57.8. The minimum absolute atomic E-state index is 0. The van der Waals surface area contributed by atoms with E-state index in [1.54, 1.807) is 0 Å². The zero-order valence-electron chi connectivity index (χ0n) is 46.1. The quantitative estimate of drug-likeness (QED) is 0.00687. The van der Waals surface area contributed by atoms with Crippen LogP contribution in [0, 0.1) is 0 Å². The summed E-state index contributed by atoms with van der Waals surface area (Å²) in [6, 6.07) is 0. The van der Waals surface area contributed by atoms with E-state index in [1.165, 1.54) is 0 Å². The van der Waals surface area contributed by atoms with Crippen molar-refractivity contribution in [2.45, 2.75) is 44.3 Å². The molecule has 0 saturated heterocycles. The van der Waals surface area contributed by atoms with Crippen LogP contribution in [0.2, 0.25) is 0 Å². The van der Waals surface area contributed by atoms with Gasteiger partial charge in [0, 0.05) is 77.2 Å². The van der Waals surface area contributed by atoms with Crippen LogP contribution in [0.1, 0.15) is 32.1 Å². The largest absolute Gasteiger partial charge is 1.00 e. The summed E-state index contributed by atoms with van der Waals surface area (Å²) in [6.45, 7) is 0.271. The van der Waals surface area contributed by atoms with Gasteiger partial charge in [-0.15, -0.1) is 0 Å². The number of ether oxygens (including phenoxy) is 2. The predicted molar refractivity (Wildman–Crippen MR) is 236 cm³/mol. The Morgan fingerprint density at radius 2 is 0.840 bits per heavy atom. The maximum Gasteiger partial charge on any atom is 1.00 e. The molecule has 39 nitrogen and oxygen atoms in total. The first-order valence-corrected chi connectivity index (χ1v) is 35.1. The van der Waals surface area contributed by atoms with Crippen LogP contribution in [0.4, 0.5) is 0 Å². The predicted octanol–water partition coefficient (Wildman–Crippen LogP) is -41.5. The fraction of sp³-hybridized carbons (Fsp3) is 0.957. The Labute approximate surface area is 659 Å². The molecule has 0 radical (unpaired) electrons. The maximum atomic E-state index is 10.3. The molecule has 0 aromatic carbocycles. The molecule has 0 aromatic rings. The topological polar surface area (TPSA) is 648 Å². The van der Waals surface area contributed by atoms with Gasteiger partial charge in [-0.05, 0) is 25.7 Å². The van der Waals surface area contributed by atoms with E-state index in [9.17, 15) is 83.2 Å². The van der Waals surface area contributed by atoms with Crippen molar-refractivity contribution < 1.29 is 417 Å². The monoisotopic (exact) mass is 1470 g/mol. The van der Waals surface area contributed by atoms with Crippen LogP contribution in [0.5, 0.6) is 0 Å². The molecule has 0 rings (SSSR count). The number of rotatable bonds is 40. The van der Waals surface area contributed by atoms with Crippen LogP contribution in [0.25, 0.3) is 0 Å². The summed E-state index contributed by atoms with van der Waals surface area (Å²) in [5.41, 5.74) is 0. The van der Waals surface area contributed by atoms with Gasteiger partial charge in [0.05, 0.1) is 57.2 Å². The first-order chi connectivity index (χ1) is 33.6. The molecule has 0 bridgehead atoms. The Balaban J connectivity index is -0.0000000550. The second-order valence-corrected chi connectivity index (χ2v) is 25.6. The molecule has 3 atom stereocenters. The summed E-state index contributed by atoms with van der Waals surface area (Å²) in [5, 5.41) is 65.2. The van der Waals surface area contributed by atoms with Crippen LogP contribution >= 0.6 is 7.60 Å². The SMILES string of the molecule is O=C([O-])CCO[SiH2]O[O-].O=P([O-])(O)CCO[SiH2]O[O-].O=S(=O)(O)CC(O)COCCCO[SiH](O)O.O=S(=O)(O)CCCO[SiH](O)O.O=S(=O)([O-])CC(O)COCCCO[SiH2]O[O-].O=S(=O)([O-])CCCO[SiH2]O[O-].[Na+].[Na+].[Na+].[Na+].[Na+].[Na+].[Na+].[Na+]. The standard InChI is InChI=1S/2C6H16O8SSi.2C3H10O6SSi.C3H8O5Si.C2H9O6PSi.8Na/c7-6(5-15(8,9)10)4-13-2-1-3-14-16(11)12;7-6(5-15(9,10)11)4-12-2-1-3-13-16-14-8;4-10(5,6)3-1-2-9-11(7)8;4-9-11-8-2-1-3-10(5,6)7;4-3(5)1-2-7-9-8-6;3-8-10-7-1-2-9(4,5)6;;;;;;;;/h6-7,11-12,16H,1-5H2,(H,8,9,10);6-8H,1-5,16H2,(H,9,10,11);7-8,11H,1-3H2,(H,4,5,6);4H,1-3,11H2,(H,5,6,7);6H,1-2,9H2,(H,4,5);3H,1-2,10H2,(H2,4,5,6);;;;;;;;/q;;;;;;8*+1/p-8. The number of aliphatic hydroxyl groups is 2. The average Bonchev–Trinajstić information content (AvgIpc) is 3.22. The third-order valence-corrected chi connectivity index (χ3v) is 12.9. The third-order valence-electron chi connectivity index (χ3n) is 5.69. The van der Waals surface area contributed by atoms with Crippen molar-refractivity contribution in [1.82, 2.24) is 0 Å². The first-order valence-electron chi connectivity index (χ1n) is 19.3. The minimum atomic E-state index is -4.43. The summed E-state index contributed by atoms with van der Waals surface area (Å²) in [6.07, 6.45) is -2.20. The molecule has 3 unspecified atom stereocenters. The van der Waals surface area contributed by atoms with Crippen LogP contribution in [-0.2, 0) is 104 Å². The van der Waals surface area contributed by atoms with E-state index in [0.29, 0.717) is 19.4 Å². The number of hydrogen-bond acceptors (Lipinski definition) is 36. The van der Waals surface area contributed by atoms with Crippen molar-refractivity contribution in [2.75, 3.05) is 95.2 Å². The van der Waals surface area contributed by atoms with Gasteiger partial charge in [0.15, 0.2) is 0 Å². The smallest absolute Gasteiger partial charge is 0.779 e. The van der Waals surface area contributed by atoms with Crippen molar-refractivity contribution in [3.05, 3.63) is 0 Å². The van der Waals surface area contributed by atoms with Gasteiger partial charge >= 0.3 is 256 Å². The van der Waals surface area contributed by atoms with E-state index in [2.05, 4.69) is 40.4 Å². The molecule has 0 aliphatic carbocycles. The molecule has 0 saturated carbocycles. The Morgan fingerprint density at radius 3 is 1.16 bits per heavy atom. The molecule has 81 heavy (non-hydrogen) atoms. The zero-order valence-corrected chi connectivity index (χ0v) is 74.3. The Morgan fingerprint density at radius 1 is 0.506 bits per heavy atom. The summed E-state index contributed by atoms with van der Waals surface area (Å²) < 4.78 is 178. The van der Waals surface area contributed by atoms with Gasteiger partial charge in [-0.2, -0.15) is 16.8 Å². The number of aliphatic hydroxyl groups excluding tert-OH is 2.